The average Bonchev–Trinajstić information content (AvgIpc) is 3.56. The van der Waals surface area contributed by atoms with E-state index in [1.807, 2.05) is 0 Å². The van der Waals surface area contributed by atoms with Gasteiger partial charge >= 0.3 is 5.97 Å². The van der Waals surface area contributed by atoms with Gasteiger partial charge in [0.05, 0.1) is 18.5 Å². The molecule has 0 radical (unpaired) electrons. The maximum absolute atomic E-state index is 13.6. The summed E-state index contributed by atoms with van der Waals surface area (Å²) in [5.74, 6) is -4.22. The number of aromatic nitrogens is 2. The number of imidazole rings is 1. The number of phenols is 1. The first-order valence-electron chi connectivity index (χ1n) is 15.4. The number of phenolic OH excluding ortho intramolecular Hbond substituents is 1. The molecule has 0 aliphatic rings. The van der Waals surface area contributed by atoms with E-state index >= 15 is 0 Å². The van der Waals surface area contributed by atoms with Crippen molar-refractivity contribution in [3.8, 4) is 5.75 Å². The fourth-order valence-electron chi connectivity index (χ4n) is 4.52. The number of aromatic hydroxyl groups is 1. The second-order valence-corrected chi connectivity index (χ2v) is 12.2. The number of nitrogens with one attached hydrogen (secondary N) is 5. The van der Waals surface area contributed by atoms with Crippen LogP contribution in [0, 0.1) is 0 Å². The van der Waals surface area contributed by atoms with Gasteiger partial charge in [-0.05, 0) is 55.9 Å². The summed E-state index contributed by atoms with van der Waals surface area (Å²) in [6.07, 6.45) is 3.64. The number of benzene rings is 1. The maximum Gasteiger partial charge on any atom is 0.326 e. The van der Waals surface area contributed by atoms with Crippen molar-refractivity contribution < 1.29 is 39.3 Å². The fourth-order valence-corrected chi connectivity index (χ4v) is 4.99. The summed E-state index contributed by atoms with van der Waals surface area (Å²) in [5.41, 5.74) is 17.7. The number of hydrogen-bond acceptors (Lipinski definition) is 11. The molecule has 2 rings (SSSR count). The third kappa shape index (κ3) is 14.4. The second kappa shape index (κ2) is 20.5. The van der Waals surface area contributed by atoms with E-state index in [2.05, 4.69) is 36.2 Å². The maximum atomic E-state index is 13.6. The van der Waals surface area contributed by atoms with E-state index in [1.165, 1.54) is 43.3 Å². The van der Waals surface area contributed by atoms with Crippen LogP contribution in [-0.4, -0.2) is 116 Å². The lowest BCUT2D eigenvalue weighted by molar-refractivity contribution is -0.142. The molecule has 0 aliphatic carbocycles. The Kier molecular flexibility index (Phi) is 16.8. The van der Waals surface area contributed by atoms with Crippen molar-refractivity contribution in [2.75, 3.05) is 18.6 Å². The van der Waals surface area contributed by atoms with Gasteiger partial charge in [-0.2, -0.15) is 11.8 Å². The molecule has 14 N–H and O–H groups in total. The number of hydrogen-bond donors (Lipinski definition) is 11. The SMILES string of the molecule is CSCC[C@H](NC(=O)[C@@H](NC(=O)[C@H](Cc1ccc(O)cc1)NC(=O)[C@@H](N)CCCN=C(N)N)[C@@H](C)O)C(=O)N[C@@H](Cc1cnc[nH]1)C(=O)O. The molecule has 0 fully saturated rings. The highest BCUT2D eigenvalue weighted by Crippen LogP contribution is 2.13. The Morgan fingerprint density at radius 1 is 0.918 bits per heavy atom. The molecule has 1 aromatic carbocycles. The first-order valence-corrected chi connectivity index (χ1v) is 16.8. The highest BCUT2D eigenvalue weighted by Gasteiger charge is 2.34. The Balaban J connectivity index is 2.21. The predicted octanol–water partition coefficient (Wildman–Crippen LogP) is -2.56. The van der Waals surface area contributed by atoms with Crippen LogP contribution in [0.2, 0.25) is 0 Å². The number of rotatable bonds is 21. The number of nitrogens with two attached hydrogens (primary N) is 3. The van der Waals surface area contributed by atoms with E-state index in [9.17, 15) is 39.3 Å². The number of aliphatic imine (C=N–C) groups is 1. The Morgan fingerprint density at radius 3 is 2.12 bits per heavy atom. The quantitative estimate of drug-likeness (QED) is 0.0362. The normalized spacial score (nSPS) is 14.6. The number of guanidine groups is 1. The molecule has 2 aromatic rings. The standard InChI is InChI=1S/C30H46N10O8S/c1-16(41)24(28(46)37-21(9-11-49-2)26(44)39-23(29(47)48)13-18-14-34-15-36-18)40-27(45)22(12-17-5-7-19(42)8-6-17)38-25(43)20(31)4-3-10-35-30(32)33/h5-8,14-16,20-24,41-42H,3-4,9-13,31H2,1-2H3,(H,34,36)(H,37,46)(H,38,43)(H,39,44)(H,40,45)(H,47,48)(H4,32,33,35)/t16-,20+,21+,22+,23+,24+/m1/s1. The van der Waals surface area contributed by atoms with E-state index in [-0.39, 0.29) is 43.9 Å². The smallest absolute Gasteiger partial charge is 0.326 e. The van der Waals surface area contributed by atoms with Gasteiger partial charge in [0.15, 0.2) is 5.96 Å². The minimum Gasteiger partial charge on any atom is -0.508 e. The lowest BCUT2D eigenvalue weighted by Gasteiger charge is -2.27. The summed E-state index contributed by atoms with van der Waals surface area (Å²) >= 11 is 1.39. The van der Waals surface area contributed by atoms with E-state index in [4.69, 9.17) is 17.2 Å². The molecule has 1 aromatic heterocycles. The molecule has 0 saturated carbocycles. The zero-order chi connectivity index (χ0) is 36.5. The lowest BCUT2D eigenvalue weighted by Crippen LogP contribution is -2.61. The third-order valence-corrected chi connectivity index (χ3v) is 7.86. The second-order valence-electron chi connectivity index (χ2n) is 11.2. The molecule has 49 heavy (non-hydrogen) atoms. The van der Waals surface area contributed by atoms with Gasteiger partial charge in [0.1, 0.15) is 29.9 Å². The van der Waals surface area contributed by atoms with Gasteiger partial charge in [0, 0.05) is 31.3 Å². The molecule has 0 spiro atoms. The third-order valence-electron chi connectivity index (χ3n) is 7.21. The Hall–Kier alpha value is -4.88. The van der Waals surface area contributed by atoms with Crippen molar-refractivity contribution in [1.29, 1.82) is 0 Å². The molecule has 19 heteroatoms. The number of aliphatic hydroxyl groups is 1. The largest absolute Gasteiger partial charge is 0.508 e. The molecule has 18 nitrogen and oxygen atoms in total. The summed E-state index contributed by atoms with van der Waals surface area (Å²) in [6, 6.07) is -0.549. The van der Waals surface area contributed by atoms with Gasteiger partial charge in [0.25, 0.3) is 0 Å². The van der Waals surface area contributed by atoms with Crippen molar-refractivity contribution in [3.63, 3.8) is 0 Å². The molecule has 0 bridgehead atoms. The van der Waals surface area contributed by atoms with Crippen molar-refractivity contribution in [1.82, 2.24) is 31.2 Å². The van der Waals surface area contributed by atoms with Crippen molar-refractivity contribution in [2.45, 2.75) is 75.3 Å². The topological polar surface area (TPSA) is 313 Å². The van der Waals surface area contributed by atoms with Crippen LogP contribution in [0.25, 0.3) is 0 Å². The average molecular weight is 707 g/mol. The van der Waals surface area contributed by atoms with Gasteiger partial charge in [-0.15, -0.1) is 0 Å². The van der Waals surface area contributed by atoms with Crippen LogP contribution in [0.5, 0.6) is 5.75 Å². The number of carboxylic acid groups (broad SMARTS) is 1. The highest BCUT2D eigenvalue weighted by molar-refractivity contribution is 7.98. The number of H-pyrrole nitrogens is 1. The van der Waals surface area contributed by atoms with E-state index in [1.54, 1.807) is 18.4 Å². The minimum absolute atomic E-state index is 0.0153. The Bertz CT molecular complexity index is 1400. The zero-order valence-corrected chi connectivity index (χ0v) is 28.1. The Labute approximate surface area is 287 Å². The summed E-state index contributed by atoms with van der Waals surface area (Å²) in [4.78, 5) is 75.6. The van der Waals surface area contributed by atoms with Crippen LogP contribution in [0.15, 0.2) is 41.8 Å². The first-order chi connectivity index (χ1) is 23.2. The first kappa shape index (κ1) is 40.3. The molecular formula is C30H46N10O8S. The number of aliphatic hydroxyl groups excluding tert-OH is 1. The van der Waals surface area contributed by atoms with Gasteiger partial charge in [-0.3, -0.25) is 24.2 Å². The zero-order valence-electron chi connectivity index (χ0n) is 27.3. The van der Waals surface area contributed by atoms with Crippen LogP contribution in [0.3, 0.4) is 0 Å². The van der Waals surface area contributed by atoms with Crippen LogP contribution in [0.1, 0.15) is 37.4 Å². The molecule has 4 amide bonds. The number of carbonyl (C=O) groups is 5. The van der Waals surface area contributed by atoms with Gasteiger partial charge < -0.3 is 58.8 Å². The minimum atomic E-state index is -1.58. The number of amides is 4. The molecule has 270 valence electrons. The molecule has 6 atom stereocenters. The highest BCUT2D eigenvalue weighted by atomic mass is 32.2. The summed E-state index contributed by atoms with van der Waals surface area (Å²) < 4.78 is 0. The molecule has 0 saturated heterocycles. The number of aromatic amines is 1. The van der Waals surface area contributed by atoms with Crippen LogP contribution in [-0.2, 0) is 36.8 Å². The van der Waals surface area contributed by atoms with Crippen molar-refractivity contribution in [2.24, 2.45) is 22.2 Å². The predicted molar refractivity (Wildman–Crippen MR) is 182 cm³/mol. The number of carbonyl (C=O) groups excluding carboxylic acids is 4. The van der Waals surface area contributed by atoms with Crippen molar-refractivity contribution in [3.05, 3.63) is 48.0 Å². The summed E-state index contributed by atoms with van der Waals surface area (Å²) in [7, 11) is 0. The number of thioether (sulfide) groups is 1. The van der Waals surface area contributed by atoms with Crippen LogP contribution in [0.4, 0.5) is 0 Å². The number of nitrogens with zero attached hydrogens (tertiary/aromatic N) is 2. The molecular weight excluding hydrogens is 660 g/mol. The van der Waals surface area contributed by atoms with E-state index in [0.717, 1.165) is 0 Å². The van der Waals surface area contributed by atoms with Gasteiger partial charge in [0.2, 0.25) is 23.6 Å². The monoisotopic (exact) mass is 706 g/mol. The lowest BCUT2D eigenvalue weighted by atomic mass is 10.0. The van der Waals surface area contributed by atoms with Gasteiger partial charge in [-0.1, -0.05) is 12.1 Å². The van der Waals surface area contributed by atoms with Gasteiger partial charge in [-0.25, -0.2) is 9.78 Å². The molecule has 0 unspecified atom stereocenters. The number of carboxylic acids is 1. The van der Waals surface area contributed by atoms with Crippen LogP contribution < -0.4 is 38.5 Å². The summed E-state index contributed by atoms with van der Waals surface area (Å²) in [5, 5.41) is 39.8. The fraction of sp³-hybridized carbons (Fsp3) is 0.500. The molecule has 0 aliphatic heterocycles. The van der Waals surface area contributed by atoms with Crippen LogP contribution >= 0.6 is 11.8 Å². The van der Waals surface area contributed by atoms with Crippen molar-refractivity contribution >= 4 is 47.3 Å². The number of aliphatic carboxylic acids is 1. The van der Waals surface area contributed by atoms with E-state index < -0.39 is 65.9 Å². The Morgan fingerprint density at radius 2 is 1.55 bits per heavy atom. The summed E-state index contributed by atoms with van der Waals surface area (Å²) in [6.45, 7) is 1.50. The molecule has 1 heterocycles. The van der Waals surface area contributed by atoms with E-state index in [0.29, 0.717) is 23.4 Å².